The van der Waals surface area contributed by atoms with E-state index >= 15 is 0 Å². The number of hydrogen-bond acceptors (Lipinski definition) is 3. The zero-order valence-electron chi connectivity index (χ0n) is 10.4. The first kappa shape index (κ1) is 13.7. The van der Waals surface area contributed by atoms with Crippen LogP contribution in [0.25, 0.3) is 0 Å². The fourth-order valence-corrected chi connectivity index (χ4v) is 2.53. The van der Waals surface area contributed by atoms with Crippen LogP contribution in [-0.2, 0) is 9.59 Å². The number of carbonyl (C=O) groups is 3. The van der Waals surface area contributed by atoms with Crippen molar-refractivity contribution in [3.63, 3.8) is 0 Å². The van der Waals surface area contributed by atoms with E-state index in [1.807, 2.05) is 0 Å². The second-order valence-electron chi connectivity index (χ2n) is 4.25. The van der Waals surface area contributed by atoms with Crippen LogP contribution in [0.1, 0.15) is 23.7 Å². The van der Waals surface area contributed by atoms with Crippen molar-refractivity contribution in [2.24, 2.45) is 0 Å². The Bertz CT molecular complexity index is 544. The van der Waals surface area contributed by atoms with E-state index in [9.17, 15) is 14.4 Å². The van der Waals surface area contributed by atoms with Crippen LogP contribution in [-0.4, -0.2) is 35.2 Å². The maximum absolute atomic E-state index is 12.4. The number of nitrogens with one attached hydrogen (secondary N) is 1. The molecule has 1 fully saturated rings. The molecule has 3 amide bonds. The zero-order chi connectivity index (χ0) is 14.0. The van der Waals surface area contributed by atoms with Gasteiger partial charge in [-0.05, 0) is 34.5 Å². The summed E-state index contributed by atoms with van der Waals surface area (Å²) in [6, 6.07) is 6.35. The molecule has 1 aromatic carbocycles. The Balaban J connectivity index is 2.33. The summed E-state index contributed by atoms with van der Waals surface area (Å²) in [6.07, 6.45) is 0.468. The van der Waals surface area contributed by atoms with E-state index in [4.69, 9.17) is 0 Å². The van der Waals surface area contributed by atoms with Crippen LogP contribution in [0.5, 0.6) is 0 Å². The summed E-state index contributed by atoms with van der Waals surface area (Å²) in [5.41, 5.74) is 0.448. The van der Waals surface area contributed by atoms with Gasteiger partial charge >= 0.3 is 0 Å². The Morgan fingerprint density at radius 2 is 2.11 bits per heavy atom. The van der Waals surface area contributed by atoms with Gasteiger partial charge in [-0.25, -0.2) is 0 Å². The highest BCUT2D eigenvalue weighted by atomic mass is 79.9. The van der Waals surface area contributed by atoms with Crippen molar-refractivity contribution in [2.75, 3.05) is 6.54 Å². The molecule has 0 bridgehead atoms. The number of carbonyl (C=O) groups excluding carboxylic acids is 3. The molecule has 19 heavy (non-hydrogen) atoms. The first-order valence-corrected chi connectivity index (χ1v) is 6.73. The fraction of sp³-hybridized carbons (Fsp3) is 0.308. The van der Waals surface area contributed by atoms with Gasteiger partial charge in [-0.2, -0.15) is 0 Å². The molecule has 6 heteroatoms. The fourth-order valence-electron chi connectivity index (χ4n) is 2.08. The summed E-state index contributed by atoms with van der Waals surface area (Å²) in [6.45, 7) is 1.71. The molecule has 1 saturated heterocycles. The first-order valence-electron chi connectivity index (χ1n) is 5.93. The van der Waals surface area contributed by atoms with Crippen LogP contribution in [0.15, 0.2) is 28.7 Å². The summed E-state index contributed by atoms with van der Waals surface area (Å²) in [4.78, 5) is 36.9. The van der Waals surface area contributed by atoms with Gasteiger partial charge in [-0.15, -0.1) is 0 Å². The Labute approximate surface area is 119 Å². The van der Waals surface area contributed by atoms with Crippen molar-refractivity contribution < 1.29 is 14.4 Å². The van der Waals surface area contributed by atoms with Crippen LogP contribution in [0.4, 0.5) is 0 Å². The molecule has 0 spiro atoms. The Morgan fingerprint density at radius 3 is 2.74 bits per heavy atom. The standard InChI is InChI=1S/C13H13BrN2O3/c1-2-10-12(18)15-11(17)7-16(10)13(19)8-5-3-4-6-9(8)14/h3-6,10H,2,7H2,1H3,(H,15,17,18). The highest BCUT2D eigenvalue weighted by Gasteiger charge is 2.36. The summed E-state index contributed by atoms with van der Waals surface area (Å²) >= 11 is 3.30. The number of piperazine rings is 1. The summed E-state index contributed by atoms with van der Waals surface area (Å²) in [5.74, 6) is -1.18. The second kappa shape index (κ2) is 5.52. The number of halogens is 1. The van der Waals surface area contributed by atoms with Crippen LogP contribution in [0, 0.1) is 0 Å². The summed E-state index contributed by atoms with van der Waals surface area (Å²) in [7, 11) is 0. The monoisotopic (exact) mass is 324 g/mol. The summed E-state index contributed by atoms with van der Waals surface area (Å²) in [5, 5.41) is 2.25. The molecule has 0 radical (unpaired) electrons. The van der Waals surface area contributed by atoms with E-state index in [2.05, 4.69) is 21.2 Å². The third kappa shape index (κ3) is 2.68. The van der Waals surface area contributed by atoms with Gasteiger partial charge in [0.05, 0.1) is 5.56 Å². The molecule has 0 aromatic heterocycles. The number of imide groups is 1. The number of rotatable bonds is 2. The lowest BCUT2D eigenvalue weighted by Gasteiger charge is -2.33. The van der Waals surface area contributed by atoms with E-state index in [-0.39, 0.29) is 12.5 Å². The van der Waals surface area contributed by atoms with Crippen molar-refractivity contribution in [1.29, 1.82) is 0 Å². The molecular weight excluding hydrogens is 312 g/mol. The highest BCUT2D eigenvalue weighted by molar-refractivity contribution is 9.10. The molecule has 1 unspecified atom stereocenters. The second-order valence-corrected chi connectivity index (χ2v) is 5.10. The van der Waals surface area contributed by atoms with Gasteiger partial charge in [0.15, 0.2) is 0 Å². The average Bonchev–Trinajstić information content (AvgIpc) is 2.37. The lowest BCUT2D eigenvalue weighted by molar-refractivity contribution is -0.138. The normalized spacial score (nSPS) is 19.3. The van der Waals surface area contributed by atoms with Crippen LogP contribution >= 0.6 is 15.9 Å². The van der Waals surface area contributed by atoms with Crippen molar-refractivity contribution in [2.45, 2.75) is 19.4 Å². The molecule has 1 N–H and O–H groups in total. The Kier molecular flexibility index (Phi) is 3.99. The molecule has 100 valence electrons. The molecular formula is C13H13BrN2O3. The number of amides is 3. The van der Waals surface area contributed by atoms with Crippen molar-refractivity contribution in [1.82, 2.24) is 10.2 Å². The smallest absolute Gasteiger partial charge is 0.256 e. The van der Waals surface area contributed by atoms with Crippen LogP contribution in [0.2, 0.25) is 0 Å². The molecule has 0 aliphatic carbocycles. The van der Waals surface area contributed by atoms with E-state index < -0.39 is 17.9 Å². The lowest BCUT2D eigenvalue weighted by atomic mass is 10.1. The topological polar surface area (TPSA) is 66.5 Å². The molecule has 0 saturated carbocycles. The van der Waals surface area contributed by atoms with Crippen LogP contribution in [0.3, 0.4) is 0 Å². The minimum absolute atomic E-state index is 0.0928. The van der Waals surface area contributed by atoms with E-state index in [1.165, 1.54) is 4.90 Å². The molecule has 1 aliphatic heterocycles. The van der Waals surface area contributed by atoms with E-state index in [0.29, 0.717) is 16.5 Å². The van der Waals surface area contributed by atoms with Crippen LogP contribution < -0.4 is 5.32 Å². The maximum Gasteiger partial charge on any atom is 0.256 e. The minimum atomic E-state index is -0.600. The van der Waals surface area contributed by atoms with Gasteiger partial charge in [0.2, 0.25) is 11.8 Å². The third-order valence-corrected chi connectivity index (χ3v) is 3.70. The predicted octanol–water partition coefficient (Wildman–Crippen LogP) is 1.33. The molecule has 1 heterocycles. The average molecular weight is 325 g/mol. The van der Waals surface area contributed by atoms with Crippen molar-refractivity contribution in [3.8, 4) is 0 Å². The molecule has 5 nitrogen and oxygen atoms in total. The first-order chi connectivity index (χ1) is 9.04. The third-order valence-electron chi connectivity index (χ3n) is 3.01. The zero-order valence-corrected chi connectivity index (χ0v) is 11.9. The van der Waals surface area contributed by atoms with E-state index in [0.717, 1.165) is 0 Å². The molecule has 2 rings (SSSR count). The molecule has 1 atom stereocenters. The van der Waals surface area contributed by atoms with Gasteiger partial charge in [0.1, 0.15) is 12.6 Å². The Morgan fingerprint density at radius 1 is 1.42 bits per heavy atom. The van der Waals surface area contributed by atoms with Gasteiger partial charge in [0.25, 0.3) is 5.91 Å². The summed E-state index contributed by atoms with van der Waals surface area (Å²) < 4.78 is 0.647. The van der Waals surface area contributed by atoms with Crippen molar-refractivity contribution in [3.05, 3.63) is 34.3 Å². The van der Waals surface area contributed by atoms with Gasteiger partial charge < -0.3 is 4.90 Å². The number of nitrogens with zero attached hydrogens (tertiary/aromatic N) is 1. The number of benzene rings is 1. The van der Waals surface area contributed by atoms with Gasteiger partial charge in [-0.1, -0.05) is 19.1 Å². The predicted molar refractivity (Wildman–Crippen MR) is 72.4 cm³/mol. The number of hydrogen-bond donors (Lipinski definition) is 1. The molecule has 1 aromatic rings. The quantitative estimate of drug-likeness (QED) is 0.834. The largest absolute Gasteiger partial charge is 0.317 e. The maximum atomic E-state index is 12.4. The van der Waals surface area contributed by atoms with Gasteiger partial charge in [0, 0.05) is 4.47 Å². The van der Waals surface area contributed by atoms with Crippen molar-refractivity contribution >= 4 is 33.7 Å². The lowest BCUT2D eigenvalue weighted by Crippen LogP contribution is -2.59. The highest BCUT2D eigenvalue weighted by Crippen LogP contribution is 2.20. The van der Waals surface area contributed by atoms with Gasteiger partial charge in [-0.3, -0.25) is 19.7 Å². The minimum Gasteiger partial charge on any atom is -0.317 e. The SMILES string of the molecule is CCC1C(=O)NC(=O)CN1C(=O)c1ccccc1Br. The molecule has 1 aliphatic rings. The Hall–Kier alpha value is -1.69. The van der Waals surface area contributed by atoms with E-state index in [1.54, 1.807) is 31.2 Å².